The van der Waals surface area contributed by atoms with Crippen LogP contribution in [0.15, 0.2) is 48.5 Å². The van der Waals surface area contributed by atoms with E-state index in [1.807, 2.05) is 31.2 Å². The van der Waals surface area contributed by atoms with Crippen LogP contribution in [0, 0.1) is 0 Å². The first kappa shape index (κ1) is 17.3. The van der Waals surface area contributed by atoms with E-state index in [9.17, 15) is 9.59 Å². The summed E-state index contributed by atoms with van der Waals surface area (Å²) in [5.41, 5.74) is 2.24. The third kappa shape index (κ3) is 5.31. The number of carbonyl (C=O) groups is 2. The largest absolute Gasteiger partial charge is 0.494 e. The topological polar surface area (TPSA) is 79.5 Å². The second-order valence-electron chi connectivity index (χ2n) is 5.08. The van der Waals surface area contributed by atoms with E-state index in [4.69, 9.17) is 4.74 Å². The Kier molecular flexibility index (Phi) is 6.19. The number of urea groups is 1. The molecule has 2 aromatic carbocycles. The Morgan fingerprint density at radius 3 is 2.04 bits per heavy atom. The first-order valence-electron chi connectivity index (χ1n) is 7.71. The van der Waals surface area contributed by atoms with Gasteiger partial charge in [-0.1, -0.05) is 12.1 Å². The predicted molar refractivity (Wildman–Crippen MR) is 94.5 cm³/mol. The molecule has 3 N–H and O–H groups in total. The zero-order chi connectivity index (χ0) is 17.4. The molecular formula is C18H21N3O3. The molecule has 0 atom stereocenters. The average molecular weight is 327 g/mol. The standard InChI is InChI=1S/C18H21N3O3/c1-3-24-16-10-4-13(5-11-16)12-17(22)20-14-6-8-15(9-7-14)21-18(23)19-2/h4-11H,3,12H2,1-2H3,(H,20,22)(H2,19,21,23). The van der Waals surface area contributed by atoms with Crippen molar-refractivity contribution in [2.75, 3.05) is 24.3 Å². The smallest absolute Gasteiger partial charge is 0.318 e. The molecule has 126 valence electrons. The number of ether oxygens (including phenoxy) is 1. The average Bonchev–Trinajstić information content (AvgIpc) is 2.58. The number of nitrogens with one attached hydrogen (secondary N) is 3. The van der Waals surface area contributed by atoms with Crippen LogP contribution in [0.2, 0.25) is 0 Å². The van der Waals surface area contributed by atoms with Crippen molar-refractivity contribution in [1.82, 2.24) is 5.32 Å². The minimum absolute atomic E-state index is 0.105. The van der Waals surface area contributed by atoms with Crippen molar-refractivity contribution in [3.63, 3.8) is 0 Å². The number of hydrogen-bond donors (Lipinski definition) is 3. The van der Waals surface area contributed by atoms with E-state index in [1.54, 1.807) is 31.3 Å². The van der Waals surface area contributed by atoms with Crippen LogP contribution in [-0.2, 0) is 11.2 Å². The fourth-order valence-electron chi connectivity index (χ4n) is 2.09. The first-order chi connectivity index (χ1) is 11.6. The van der Waals surface area contributed by atoms with E-state index in [2.05, 4.69) is 16.0 Å². The highest BCUT2D eigenvalue weighted by Crippen LogP contribution is 2.15. The Balaban J connectivity index is 1.88. The molecule has 6 heteroatoms. The van der Waals surface area contributed by atoms with Crippen LogP contribution in [-0.4, -0.2) is 25.6 Å². The van der Waals surface area contributed by atoms with E-state index < -0.39 is 0 Å². The lowest BCUT2D eigenvalue weighted by Gasteiger charge is -2.08. The summed E-state index contributed by atoms with van der Waals surface area (Å²) in [5, 5.41) is 7.95. The molecule has 0 aromatic heterocycles. The van der Waals surface area contributed by atoms with Crippen LogP contribution in [0.4, 0.5) is 16.2 Å². The monoisotopic (exact) mass is 327 g/mol. The van der Waals surface area contributed by atoms with Gasteiger partial charge in [0.25, 0.3) is 0 Å². The van der Waals surface area contributed by atoms with Crippen LogP contribution in [0.1, 0.15) is 12.5 Å². The zero-order valence-corrected chi connectivity index (χ0v) is 13.8. The number of amides is 3. The summed E-state index contributed by atoms with van der Waals surface area (Å²) in [6.45, 7) is 2.54. The highest BCUT2D eigenvalue weighted by atomic mass is 16.5. The van der Waals surface area contributed by atoms with Crippen molar-refractivity contribution >= 4 is 23.3 Å². The molecule has 2 rings (SSSR count). The van der Waals surface area contributed by atoms with Crippen LogP contribution >= 0.6 is 0 Å². The van der Waals surface area contributed by atoms with E-state index in [-0.39, 0.29) is 18.4 Å². The predicted octanol–water partition coefficient (Wildman–Crippen LogP) is 3.02. The Bertz CT molecular complexity index is 682. The van der Waals surface area contributed by atoms with Gasteiger partial charge in [-0.2, -0.15) is 0 Å². The molecule has 0 fully saturated rings. The van der Waals surface area contributed by atoms with Gasteiger partial charge in [0.05, 0.1) is 13.0 Å². The Morgan fingerprint density at radius 2 is 1.50 bits per heavy atom. The Hall–Kier alpha value is -3.02. The van der Waals surface area contributed by atoms with Gasteiger partial charge in [0.2, 0.25) is 5.91 Å². The van der Waals surface area contributed by atoms with Gasteiger partial charge in [0.15, 0.2) is 0 Å². The highest BCUT2D eigenvalue weighted by molar-refractivity contribution is 5.93. The molecule has 0 spiro atoms. The number of hydrogen-bond acceptors (Lipinski definition) is 3. The molecule has 0 aliphatic rings. The molecule has 0 aliphatic heterocycles. The molecule has 0 saturated carbocycles. The molecule has 6 nitrogen and oxygen atoms in total. The Morgan fingerprint density at radius 1 is 0.917 bits per heavy atom. The van der Waals surface area contributed by atoms with E-state index in [0.29, 0.717) is 18.0 Å². The summed E-state index contributed by atoms with van der Waals surface area (Å²) in [7, 11) is 1.55. The maximum Gasteiger partial charge on any atom is 0.318 e. The van der Waals surface area contributed by atoms with Crippen LogP contribution in [0.3, 0.4) is 0 Å². The second kappa shape index (κ2) is 8.57. The summed E-state index contributed by atoms with van der Waals surface area (Å²) in [4.78, 5) is 23.3. The molecule has 24 heavy (non-hydrogen) atoms. The zero-order valence-electron chi connectivity index (χ0n) is 13.8. The van der Waals surface area contributed by atoms with Crippen molar-refractivity contribution in [1.29, 1.82) is 0 Å². The van der Waals surface area contributed by atoms with Gasteiger partial charge >= 0.3 is 6.03 Å². The minimum Gasteiger partial charge on any atom is -0.494 e. The highest BCUT2D eigenvalue weighted by Gasteiger charge is 2.05. The summed E-state index contributed by atoms with van der Waals surface area (Å²) >= 11 is 0. The second-order valence-corrected chi connectivity index (χ2v) is 5.08. The molecular weight excluding hydrogens is 306 g/mol. The van der Waals surface area contributed by atoms with Crippen molar-refractivity contribution < 1.29 is 14.3 Å². The minimum atomic E-state index is -0.290. The Labute approximate surface area is 141 Å². The maximum atomic E-state index is 12.1. The quantitative estimate of drug-likeness (QED) is 0.763. The molecule has 0 saturated heterocycles. The summed E-state index contributed by atoms with van der Waals surface area (Å²) in [6.07, 6.45) is 0.282. The molecule has 0 unspecified atom stereocenters. The third-order valence-corrected chi connectivity index (χ3v) is 3.25. The van der Waals surface area contributed by atoms with Crippen molar-refractivity contribution in [3.8, 4) is 5.75 Å². The van der Waals surface area contributed by atoms with Crippen LogP contribution < -0.4 is 20.7 Å². The van der Waals surface area contributed by atoms with Crippen molar-refractivity contribution in [3.05, 3.63) is 54.1 Å². The van der Waals surface area contributed by atoms with Crippen molar-refractivity contribution in [2.24, 2.45) is 0 Å². The van der Waals surface area contributed by atoms with Crippen molar-refractivity contribution in [2.45, 2.75) is 13.3 Å². The number of carbonyl (C=O) groups excluding carboxylic acids is 2. The first-order valence-corrected chi connectivity index (χ1v) is 7.71. The number of benzene rings is 2. The molecule has 2 aromatic rings. The van der Waals surface area contributed by atoms with Gasteiger partial charge in [0, 0.05) is 18.4 Å². The summed E-state index contributed by atoms with van der Waals surface area (Å²) < 4.78 is 5.37. The van der Waals surface area contributed by atoms with Gasteiger partial charge in [-0.3, -0.25) is 4.79 Å². The maximum absolute atomic E-state index is 12.1. The van der Waals surface area contributed by atoms with Crippen LogP contribution in [0.5, 0.6) is 5.75 Å². The normalized spacial score (nSPS) is 9.92. The number of anilines is 2. The SMILES string of the molecule is CCOc1ccc(CC(=O)Nc2ccc(NC(=O)NC)cc2)cc1. The fourth-order valence-corrected chi connectivity index (χ4v) is 2.09. The molecule has 0 radical (unpaired) electrons. The molecule has 3 amide bonds. The van der Waals surface area contributed by atoms with E-state index >= 15 is 0 Å². The van der Waals surface area contributed by atoms with Gasteiger partial charge in [-0.05, 0) is 48.9 Å². The summed E-state index contributed by atoms with van der Waals surface area (Å²) in [5.74, 6) is 0.687. The van der Waals surface area contributed by atoms with Gasteiger partial charge in [-0.15, -0.1) is 0 Å². The lowest BCUT2D eigenvalue weighted by atomic mass is 10.1. The third-order valence-electron chi connectivity index (χ3n) is 3.25. The number of rotatable bonds is 6. The molecule has 0 bridgehead atoms. The van der Waals surface area contributed by atoms with Gasteiger partial charge in [-0.25, -0.2) is 4.79 Å². The molecule has 0 aliphatic carbocycles. The van der Waals surface area contributed by atoms with E-state index in [0.717, 1.165) is 11.3 Å². The van der Waals surface area contributed by atoms with E-state index in [1.165, 1.54) is 0 Å². The lowest BCUT2D eigenvalue weighted by Crippen LogP contribution is -2.24. The van der Waals surface area contributed by atoms with Gasteiger partial charge in [0.1, 0.15) is 5.75 Å². The molecule has 0 heterocycles. The fraction of sp³-hybridized carbons (Fsp3) is 0.222. The lowest BCUT2D eigenvalue weighted by molar-refractivity contribution is -0.115. The van der Waals surface area contributed by atoms with Gasteiger partial charge < -0.3 is 20.7 Å². The summed E-state index contributed by atoms with van der Waals surface area (Å²) in [6, 6.07) is 14.1. The van der Waals surface area contributed by atoms with Crippen LogP contribution in [0.25, 0.3) is 0 Å².